The maximum Gasteiger partial charge on any atom is 0.313 e. The number of aryl methyl sites for hydroxylation is 1. The van der Waals surface area contributed by atoms with Crippen molar-refractivity contribution in [2.45, 2.75) is 39.7 Å². The number of imidazole rings is 1. The van der Waals surface area contributed by atoms with Crippen molar-refractivity contribution in [3.05, 3.63) is 17.2 Å². The van der Waals surface area contributed by atoms with E-state index in [0.717, 1.165) is 24.2 Å². The summed E-state index contributed by atoms with van der Waals surface area (Å²) in [7, 11) is 0. The number of rotatable bonds is 6. The summed E-state index contributed by atoms with van der Waals surface area (Å²) in [4.78, 5) is 18.6. The van der Waals surface area contributed by atoms with Crippen LogP contribution in [0.3, 0.4) is 0 Å². The van der Waals surface area contributed by atoms with Crippen LogP contribution in [-0.4, -0.2) is 22.5 Å². The first-order valence-corrected chi connectivity index (χ1v) is 5.57. The highest BCUT2D eigenvalue weighted by atomic mass is 16.5. The van der Waals surface area contributed by atoms with Crippen molar-refractivity contribution >= 4 is 5.97 Å². The van der Waals surface area contributed by atoms with E-state index < -0.39 is 0 Å². The van der Waals surface area contributed by atoms with E-state index in [-0.39, 0.29) is 12.4 Å². The lowest BCUT2D eigenvalue weighted by molar-refractivity contribution is -0.143. The molecule has 1 aromatic rings. The maximum atomic E-state index is 11.4. The number of hydrogen-bond acceptors (Lipinski definition) is 4. The van der Waals surface area contributed by atoms with Crippen LogP contribution < -0.4 is 5.73 Å². The lowest BCUT2D eigenvalue weighted by atomic mass is 10.3. The van der Waals surface area contributed by atoms with Crippen molar-refractivity contribution in [3.63, 3.8) is 0 Å². The number of nitrogens with one attached hydrogen (secondary N) is 1. The van der Waals surface area contributed by atoms with Gasteiger partial charge in [0, 0.05) is 12.2 Å². The van der Waals surface area contributed by atoms with Crippen molar-refractivity contribution in [2.75, 3.05) is 6.61 Å². The SMILES string of the molecule is CCCCOC(=O)Cc1nc(CN)c(C)[nH]1. The molecule has 5 heteroatoms. The molecule has 0 radical (unpaired) electrons. The van der Waals surface area contributed by atoms with Gasteiger partial charge in [0.2, 0.25) is 0 Å². The summed E-state index contributed by atoms with van der Waals surface area (Å²) < 4.78 is 5.04. The zero-order valence-corrected chi connectivity index (χ0v) is 9.88. The Morgan fingerprint density at radius 1 is 1.56 bits per heavy atom. The molecule has 0 aromatic carbocycles. The average molecular weight is 225 g/mol. The van der Waals surface area contributed by atoms with Gasteiger partial charge in [-0.25, -0.2) is 4.98 Å². The summed E-state index contributed by atoms with van der Waals surface area (Å²) in [6.45, 7) is 4.81. The number of nitrogens with two attached hydrogens (primary N) is 1. The number of hydrogen-bond donors (Lipinski definition) is 2. The molecule has 0 saturated heterocycles. The quantitative estimate of drug-likeness (QED) is 0.560. The maximum absolute atomic E-state index is 11.4. The van der Waals surface area contributed by atoms with Crippen LogP contribution in [-0.2, 0) is 22.5 Å². The Kier molecular flexibility index (Phi) is 4.98. The number of nitrogens with zero attached hydrogens (tertiary/aromatic N) is 1. The second-order valence-corrected chi connectivity index (χ2v) is 3.71. The molecule has 0 unspecified atom stereocenters. The molecule has 1 rings (SSSR count). The average Bonchev–Trinajstić information content (AvgIpc) is 2.59. The standard InChI is InChI=1S/C11H19N3O2/c1-3-4-5-16-11(15)6-10-13-8(2)9(7-12)14-10/h3-7,12H2,1-2H3,(H,13,14). The molecule has 0 atom stereocenters. The first-order chi connectivity index (χ1) is 7.67. The van der Waals surface area contributed by atoms with E-state index in [2.05, 4.69) is 16.9 Å². The topological polar surface area (TPSA) is 81.0 Å². The molecule has 0 saturated carbocycles. The minimum absolute atomic E-state index is 0.185. The summed E-state index contributed by atoms with van der Waals surface area (Å²) in [5, 5.41) is 0. The highest BCUT2D eigenvalue weighted by Crippen LogP contribution is 2.05. The van der Waals surface area contributed by atoms with Crippen molar-refractivity contribution in [3.8, 4) is 0 Å². The van der Waals surface area contributed by atoms with Gasteiger partial charge in [-0.2, -0.15) is 0 Å². The Morgan fingerprint density at radius 2 is 2.31 bits per heavy atom. The van der Waals surface area contributed by atoms with Crippen LogP contribution in [0.15, 0.2) is 0 Å². The molecule has 3 N–H and O–H groups in total. The van der Waals surface area contributed by atoms with Crippen LogP contribution >= 0.6 is 0 Å². The third kappa shape index (κ3) is 3.66. The normalized spacial score (nSPS) is 10.4. The number of aromatic amines is 1. The number of ether oxygens (including phenoxy) is 1. The predicted octanol–water partition coefficient (Wildman–Crippen LogP) is 1.06. The number of aromatic nitrogens is 2. The predicted molar refractivity (Wildman–Crippen MR) is 60.8 cm³/mol. The fraction of sp³-hybridized carbons (Fsp3) is 0.636. The Morgan fingerprint density at radius 3 is 2.88 bits per heavy atom. The Labute approximate surface area is 95.4 Å². The number of carbonyl (C=O) groups is 1. The molecule has 1 aromatic heterocycles. The third-order valence-corrected chi connectivity index (χ3v) is 2.30. The van der Waals surface area contributed by atoms with Crippen molar-refractivity contribution in [2.24, 2.45) is 5.73 Å². The van der Waals surface area contributed by atoms with E-state index in [4.69, 9.17) is 10.5 Å². The van der Waals surface area contributed by atoms with Crippen LogP contribution in [0.4, 0.5) is 0 Å². The highest BCUT2D eigenvalue weighted by Gasteiger charge is 2.10. The lowest BCUT2D eigenvalue weighted by Crippen LogP contribution is -2.10. The number of H-pyrrole nitrogens is 1. The molecule has 0 aliphatic heterocycles. The monoisotopic (exact) mass is 225 g/mol. The fourth-order valence-corrected chi connectivity index (χ4v) is 1.36. The first-order valence-electron chi connectivity index (χ1n) is 5.57. The van der Waals surface area contributed by atoms with E-state index in [9.17, 15) is 4.79 Å². The lowest BCUT2D eigenvalue weighted by Gasteiger charge is -2.01. The fourth-order valence-electron chi connectivity index (χ4n) is 1.36. The molecule has 5 nitrogen and oxygen atoms in total. The Hall–Kier alpha value is -1.36. The Balaban J connectivity index is 2.43. The van der Waals surface area contributed by atoms with Gasteiger partial charge < -0.3 is 15.5 Å². The molecular formula is C11H19N3O2. The van der Waals surface area contributed by atoms with Gasteiger partial charge in [0.1, 0.15) is 12.2 Å². The zero-order valence-electron chi connectivity index (χ0n) is 9.88. The van der Waals surface area contributed by atoms with Gasteiger partial charge in [0.15, 0.2) is 0 Å². The number of esters is 1. The van der Waals surface area contributed by atoms with Gasteiger partial charge in [0.05, 0.1) is 12.3 Å². The van der Waals surface area contributed by atoms with Gasteiger partial charge in [0.25, 0.3) is 0 Å². The van der Waals surface area contributed by atoms with E-state index in [1.807, 2.05) is 6.92 Å². The molecule has 0 aliphatic rings. The largest absolute Gasteiger partial charge is 0.465 e. The molecule has 16 heavy (non-hydrogen) atoms. The van der Waals surface area contributed by atoms with E-state index >= 15 is 0 Å². The second kappa shape index (κ2) is 6.27. The summed E-state index contributed by atoms with van der Waals surface area (Å²) in [6, 6.07) is 0. The summed E-state index contributed by atoms with van der Waals surface area (Å²) in [5.41, 5.74) is 7.21. The third-order valence-electron chi connectivity index (χ3n) is 2.30. The van der Waals surface area contributed by atoms with E-state index in [1.54, 1.807) is 0 Å². The number of carbonyl (C=O) groups excluding carboxylic acids is 1. The zero-order chi connectivity index (χ0) is 12.0. The van der Waals surface area contributed by atoms with Crippen molar-refractivity contribution in [1.82, 2.24) is 9.97 Å². The van der Waals surface area contributed by atoms with Crippen LogP contribution in [0.1, 0.15) is 37.0 Å². The molecule has 0 bridgehead atoms. The van der Waals surface area contributed by atoms with E-state index in [1.165, 1.54) is 0 Å². The molecular weight excluding hydrogens is 206 g/mol. The van der Waals surface area contributed by atoms with Crippen LogP contribution in [0.5, 0.6) is 0 Å². The van der Waals surface area contributed by atoms with Gasteiger partial charge in [-0.05, 0) is 13.3 Å². The van der Waals surface area contributed by atoms with Gasteiger partial charge in [-0.15, -0.1) is 0 Å². The van der Waals surface area contributed by atoms with Gasteiger partial charge in [-0.3, -0.25) is 4.79 Å². The Bertz CT molecular complexity index is 347. The molecule has 1 heterocycles. The summed E-state index contributed by atoms with van der Waals surface area (Å²) in [5.74, 6) is 0.380. The molecule has 0 amide bonds. The first kappa shape index (κ1) is 12.7. The van der Waals surface area contributed by atoms with Crippen molar-refractivity contribution < 1.29 is 9.53 Å². The number of unbranched alkanes of at least 4 members (excludes halogenated alkanes) is 1. The van der Waals surface area contributed by atoms with E-state index in [0.29, 0.717) is 19.0 Å². The minimum Gasteiger partial charge on any atom is -0.465 e. The molecule has 90 valence electrons. The summed E-state index contributed by atoms with van der Waals surface area (Å²) >= 11 is 0. The second-order valence-electron chi connectivity index (χ2n) is 3.71. The molecule has 0 spiro atoms. The van der Waals surface area contributed by atoms with Crippen LogP contribution in [0.2, 0.25) is 0 Å². The minimum atomic E-state index is -0.245. The summed E-state index contributed by atoms with van der Waals surface area (Å²) in [6.07, 6.45) is 2.10. The van der Waals surface area contributed by atoms with Crippen molar-refractivity contribution in [1.29, 1.82) is 0 Å². The smallest absolute Gasteiger partial charge is 0.313 e. The van der Waals surface area contributed by atoms with Gasteiger partial charge >= 0.3 is 5.97 Å². The van der Waals surface area contributed by atoms with Gasteiger partial charge in [-0.1, -0.05) is 13.3 Å². The van der Waals surface area contributed by atoms with Crippen LogP contribution in [0, 0.1) is 6.92 Å². The highest BCUT2D eigenvalue weighted by molar-refractivity contribution is 5.71. The molecule has 0 fully saturated rings. The molecule has 0 aliphatic carbocycles. The van der Waals surface area contributed by atoms with Crippen LogP contribution in [0.25, 0.3) is 0 Å².